The number of aryl methyl sites for hydroxylation is 1. The van der Waals surface area contributed by atoms with Gasteiger partial charge in [0.2, 0.25) is 0 Å². The maximum Gasteiger partial charge on any atom is 0.252 e. The normalized spacial score (nSPS) is 19.5. The van der Waals surface area contributed by atoms with Gasteiger partial charge >= 0.3 is 0 Å². The molecule has 1 heterocycles. The third-order valence-corrected chi connectivity index (χ3v) is 6.99. The van der Waals surface area contributed by atoms with Gasteiger partial charge in [0.05, 0.1) is 5.69 Å². The number of sulfonamides is 1. The van der Waals surface area contributed by atoms with Gasteiger partial charge in [-0.05, 0) is 25.2 Å². The summed E-state index contributed by atoms with van der Waals surface area (Å²) in [5.74, 6) is 0. The van der Waals surface area contributed by atoms with Crippen molar-refractivity contribution in [3.63, 3.8) is 0 Å². The third kappa shape index (κ3) is 3.68. The van der Waals surface area contributed by atoms with Gasteiger partial charge in [-0.15, -0.1) is 0 Å². The zero-order valence-electron chi connectivity index (χ0n) is 11.2. The molecular formula is C12H19ClN2O2S2. The molecule has 0 aromatic carbocycles. The Labute approximate surface area is 123 Å². The molecule has 0 spiro atoms. The van der Waals surface area contributed by atoms with Gasteiger partial charge in [-0.3, -0.25) is 0 Å². The molecule has 0 saturated heterocycles. The van der Waals surface area contributed by atoms with E-state index < -0.39 is 10.0 Å². The van der Waals surface area contributed by atoms with Crippen LogP contribution in [0.5, 0.6) is 0 Å². The second-order valence-electron chi connectivity index (χ2n) is 5.54. The molecule has 1 aliphatic rings. The summed E-state index contributed by atoms with van der Waals surface area (Å²) in [6.07, 6.45) is 5.79. The monoisotopic (exact) mass is 322 g/mol. The quantitative estimate of drug-likeness (QED) is 0.924. The Bertz CT molecular complexity index is 548. The van der Waals surface area contributed by atoms with Gasteiger partial charge in [0.25, 0.3) is 10.0 Å². The van der Waals surface area contributed by atoms with E-state index in [-0.39, 0.29) is 14.1 Å². The van der Waals surface area contributed by atoms with E-state index in [1.165, 1.54) is 19.3 Å². The highest BCUT2D eigenvalue weighted by molar-refractivity contribution is 7.91. The molecule has 1 N–H and O–H groups in total. The van der Waals surface area contributed by atoms with Crippen LogP contribution in [0.4, 0.5) is 0 Å². The maximum atomic E-state index is 12.3. The fourth-order valence-electron chi connectivity index (χ4n) is 2.52. The standard InChI is InChI=1S/C12H19ClN2O2S2/c1-9-10(18-11(13)15-9)19(16,17)14-8-12(2)6-4-3-5-7-12/h14H,3-8H2,1-2H3. The molecular weight excluding hydrogens is 304 g/mol. The molecule has 4 nitrogen and oxygen atoms in total. The topological polar surface area (TPSA) is 59.1 Å². The number of hydrogen-bond donors (Lipinski definition) is 1. The highest BCUT2D eigenvalue weighted by Crippen LogP contribution is 2.35. The molecule has 7 heteroatoms. The average Bonchev–Trinajstić information content (AvgIpc) is 2.68. The molecule has 0 unspecified atom stereocenters. The van der Waals surface area contributed by atoms with Crippen molar-refractivity contribution in [1.82, 2.24) is 9.71 Å². The van der Waals surface area contributed by atoms with Crippen molar-refractivity contribution >= 4 is 33.0 Å². The Balaban J connectivity index is 2.07. The summed E-state index contributed by atoms with van der Waals surface area (Å²) in [6, 6.07) is 0. The van der Waals surface area contributed by atoms with Crippen molar-refractivity contribution in [2.75, 3.05) is 6.54 Å². The maximum absolute atomic E-state index is 12.3. The lowest BCUT2D eigenvalue weighted by Gasteiger charge is -2.33. The fraction of sp³-hybridized carbons (Fsp3) is 0.750. The molecule has 1 aromatic heterocycles. The predicted molar refractivity (Wildman–Crippen MR) is 78.2 cm³/mol. The number of nitrogens with zero attached hydrogens (tertiary/aromatic N) is 1. The Kier molecular flexibility index (Phi) is 4.55. The van der Waals surface area contributed by atoms with Gasteiger partial charge in [0, 0.05) is 6.54 Å². The van der Waals surface area contributed by atoms with Gasteiger partial charge in [-0.25, -0.2) is 18.1 Å². The summed E-state index contributed by atoms with van der Waals surface area (Å²) < 4.78 is 27.7. The van der Waals surface area contributed by atoms with Crippen molar-refractivity contribution in [2.24, 2.45) is 5.41 Å². The van der Waals surface area contributed by atoms with Crippen LogP contribution in [-0.2, 0) is 10.0 Å². The van der Waals surface area contributed by atoms with E-state index >= 15 is 0 Å². The highest BCUT2D eigenvalue weighted by atomic mass is 35.5. The van der Waals surface area contributed by atoms with Crippen LogP contribution in [0.1, 0.15) is 44.7 Å². The number of rotatable bonds is 4. The van der Waals surface area contributed by atoms with Crippen LogP contribution in [-0.4, -0.2) is 19.9 Å². The zero-order valence-corrected chi connectivity index (χ0v) is 13.6. The van der Waals surface area contributed by atoms with Crippen LogP contribution in [0.2, 0.25) is 4.47 Å². The fourth-order valence-corrected chi connectivity index (χ4v) is 5.50. The van der Waals surface area contributed by atoms with Gasteiger partial charge < -0.3 is 0 Å². The van der Waals surface area contributed by atoms with Gasteiger partial charge in [-0.1, -0.05) is 49.1 Å². The van der Waals surface area contributed by atoms with Crippen molar-refractivity contribution < 1.29 is 8.42 Å². The summed E-state index contributed by atoms with van der Waals surface area (Å²) in [7, 11) is -3.49. The summed E-state index contributed by atoms with van der Waals surface area (Å²) in [4.78, 5) is 3.95. The lowest BCUT2D eigenvalue weighted by atomic mass is 9.76. The van der Waals surface area contributed by atoms with Crippen LogP contribution in [0.15, 0.2) is 4.21 Å². The second kappa shape index (κ2) is 5.68. The number of halogens is 1. The largest absolute Gasteiger partial charge is 0.252 e. The molecule has 0 bridgehead atoms. The first-order valence-corrected chi connectivity index (χ1v) is 9.13. The van der Waals surface area contributed by atoms with Crippen LogP contribution in [0, 0.1) is 12.3 Å². The zero-order chi connectivity index (χ0) is 14.1. The van der Waals surface area contributed by atoms with Gasteiger partial charge in [0.15, 0.2) is 8.68 Å². The first-order valence-electron chi connectivity index (χ1n) is 6.45. The predicted octanol–water partition coefficient (Wildman–Crippen LogP) is 3.35. The molecule has 0 radical (unpaired) electrons. The van der Waals surface area contributed by atoms with E-state index in [9.17, 15) is 8.42 Å². The van der Waals surface area contributed by atoms with E-state index in [1.54, 1.807) is 6.92 Å². The molecule has 0 amide bonds. The van der Waals surface area contributed by atoms with Gasteiger partial charge in [0.1, 0.15) is 0 Å². The third-order valence-electron chi connectivity index (χ3n) is 3.72. The van der Waals surface area contributed by atoms with Gasteiger partial charge in [-0.2, -0.15) is 0 Å². The lowest BCUT2D eigenvalue weighted by molar-refractivity contribution is 0.219. The molecule has 108 valence electrons. The van der Waals surface area contributed by atoms with E-state index in [0.29, 0.717) is 12.2 Å². The first-order chi connectivity index (χ1) is 8.82. The molecule has 0 atom stereocenters. The van der Waals surface area contributed by atoms with Crippen molar-refractivity contribution in [3.8, 4) is 0 Å². The number of hydrogen-bond acceptors (Lipinski definition) is 4. The molecule has 19 heavy (non-hydrogen) atoms. The number of nitrogens with one attached hydrogen (secondary N) is 1. The summed E-state index contributed by atoms with van der Waals surface area (Å²) in [5, 5.41) is 0. The molecule has 0 aliphatic heterocycles. The van der Waals surface area contributed by atoms with E-state index in [0.717, 1.165) is 24.2 Å². The Hall–Kier alpha value is -0.170. The number of thiazole rings is 1. The average molecular weight is 323 g/mol. The Morgan fingerprint density at radius 2 is 2.00 bits per heavy atom. The Morgan fingerprint density at radius 1 is 1.37 bits per heavy atom. The van der Waals surface area contributed by atoms with E-state index in [4.69, 9.17) is 11.6 Å². The van der Waals surface area contributed by atoms with Crippen LogP contribution >= 0.6 is 22.9 Å². The second-order valence-corrected chi connectivity index (χ2v) is 9.08. The minimum Gasteiger partial charge on any atom is -0.229 e. The minimum atomic E-state index is -3.49. The summed E-state index contributed by atoms with van der Waals surface area (Å²) >= 11 is 6.77. The van der Waals surface area contributed by atoms with E-state index in [2.05, 4.69) is 16.6 Å². The molecule has 1 saturated carbocycles. The number of aromatic nitrogens is 1. The summed E-state index contributed by atoms with van der Waals surface area (Å²) in [5.41, 5.74) is 0.546. The van der Waals surface area contributed by atoms with E-state index in [1.807, 2.05) is 0 Å². The highest BCUT2D eigenvalue weighted by Gasteiger charge is 2.30. The molecule has 1 aliphatic carbocycles. The Morgan fingerprint density at radius 3 is 2.53 bits per heavy atom. The molecule has 1 aromatic rings. The SMILES string of the molecule is Cc1nc(Cl)sc1S(=O)(=O)NCC1(C)CCCCC1. The smallest absolute Gasteiger partial charge is 0.229 e. The minimum absolute atomic E-state index is 0.0771. The molecule has 1 fully saturated rings. The van der Waals surface area contributed by atoms with Crippen LogP contribution in [0.3, 0.4) is 0 Å². The van der Waals surface area contributed by atoms with Crippen molar-refractivity contribution in [1.29, 1.82) is 0 Å². The van der Waals surface area contributed by atoms with Crippen LogP contribution in [0.25, 0.3) is 0 Å². The van der Waals surface area contributed by atoms with Crippen molar-refractivity contribution in [2.45, 2.75) is 50.2 Å². The lowest BCUT2D eigenvalue weighted by Crippen LogP contribution is -2.36. The van der Waals surface area contributed by atoms with Crippen LogP contribution < -0.4 is 4.72 Å². The van der Waals surface area contributed by atoms with Crippen molar-refractivity contribution in [3.05, 3.63) is 10.2 Å². The molecule has 2 rings (SSSR count). The first kappa shape index (κ1) is 15.2. The summed E-state index contributed by atoms with van der Waals surface area (Å²) in [6.45, 7) is 4.31.